The summed E-state index contributed by atoms with van der Waals surface area (Å²) in [5, 5.41) is 7.73. The zero-order chi connectivity index (χ0) is 20.6. The summed E-state index contributed by atoms with van der Waals surface area (Å²) >= 11 is 6.32. The number of likely N-dealkylation sites (N-methyl/N-ethyl adjacent to an activating group) is 1. The summed E-state index contributed by atoms with van der Waals surface area (Å²) in [5.74, 6) is 1.78. The van der Waals surface area contributed by atoms with Crippen molar-refractivity contribution in [2.45, 2.75) is 39.3 Å². The van der Waals surface area contributed by atoms with Crippen LogP contribution in [0.5, 0.6) is 0 Å². The third-order valence-corrected chi connectivity index (χ3v) is 6.20. The Balaban J connectivity index is 1.51. The smallest absolute Gasteiger partial charge is 0.191 e. The quantitative estimate of drug-likeness (QED) is 0.518. The summed E-state index contributed by atoms with van der Waals surface area (Å²) in [5.41, 5.74) is 0. The molecule has 8 heteroatoms. The summed E-state index contributed by atoms with van der Waals surface area (Å²) in [6.45, 7) is 15.9. The summed E-state index contributed by atoms with van der Waals surface area (Å²) < 4.78 is 0. The fraction of sp³-hybridized carbons (Fsp3) is 0.714. The Morgan fingerprint density at radius 2 is 2.07 bits per heavy atom. The molecule has 3 rings (SSSR count). The first-order valence-electron chi connectivity index (χ1n) is 11.0. The Morgan fingerprint density at radius 1 is 1.28 bits per heavy atom. The standard InChI is InChI=1S/C21H36ClN7/c1-4-23-21(25-15-17(3)28-13-11-27(5-2)12-14-28)26-18-8-10-29(16-18)20-19(22)7-6-9-24-20/h6-7,9,17-18H,4-5,8,10-16H2,1-3H3,(H2,23,25,26). The summed E-state index contributed by atoms with van der Waals surface area (Å²) in [7, 11) is 0. The van der Waals surface area contributed by atoms with E-state index in [1.807, 2.05) is 12.1 Å². The molecule has 162 valence electrons. The highest BCUT2D eigenvalue weighted by Gasteiger charge is 2.26. The molecule has 0 saturated carbocycles. The van der Waals surface area contributed by atoms with E-state index in [1.54, 1.807) is 6.20 Å². The fourth-order valence-electron chi connectivity index (χ4n) is 4.05. The van der Waals surface area contributed by atoms with Crippen molar-refractivity contribution in [3.63, 3.8) is 0 Å². The lowest BCUT2D eigenvalue weighted by molar-refractivity contribution is 0.109. The molecule has 2 atom stereocenters. The van der Waals surface area contributed by atoms with E-state index >= 15 is 0 Å². The van der Waals surface area contributed by atoms with Crippen LogP contribution in [0.15, 0.2) is 23.3 Å². The first-order valence-corrected chi connectivity index (χ1v) is 11.3. The van der Waals surface area contributed by atoms with Gasteiger partial charge in [0.1, 0.15) is 5.82 Å². The molecule has 2 N–H and O–H groups in total. The number of pyridine rings is 1. The molecule has 2 aliphatic rings. The van der Waals surface area contributed by atoms with Gasteiger partial charge in [-0.25, -0.2) is 4.98 Å². The van der Waals surface area contributed by atoms with Crippen molar-refractivity contribution in [1.29, 1.82) is 0 Å². The highest BCUT2D eigenvalue weighted by molar-refractivity contribution is 6.32. The molecule has 29 heavy (non-hydrogen) atoms. The summed E-state index contributed by atoms with van der Waals surface area (Å²) in [6, 6.07) is 4.57. The molecular weight excluding hydrogens is 386 g/mol. The van der Waals surface area contributed by atoms with Crippen LogP contribution >= 0.6 is 11.6 Å². The molecule has 0 amide bonds. The molecule has 2 unspecified atom stereocenters. The maximum Gasteiger partial charge on any atom is 0.191 e. The van der Waals surface area contributed by atoms with Gasteiger partial charge in [0, 0.05) is 64.1 Å². The minimum Gasteiger partial charge on any atom is -0.357 e. The Bertz CT molecular complexity index is 660. The Hall–Kier alpha value is -1.57. The number of hydrogen-bond donors (Lipinski definition) is 2. The number of guanidine groups is 1. The minimum absolute atomic E-state index is 0.342. The molecule has 2 aliphatic heterocycles. The van der Waals surface area contributed by atoms with Crippen LogP contribution in [0.1, 0.15) is 27.2 Å². The molecule has 0 aliphatic carbocycles. The average Bonchev–Trinajstić information content (AvgIpc) is 3.20. The number of anilines is 1. The maximum absolute atomic E-state index is 6.32. The second-order valence-electron chi connectivity index (χ2n) is 7.92. The van der Waals surface area contributed by atoms with Gasteiger partial charge in [-0.3, -0.25) is 9.89 Å². The van der Waals surface area contributed by atoms with Crippen LogP contribution in [-0.4, -0.2) is 91.7 Å². The van der Waals surface area contributed by atoms with Crippen molar-refractivity contribution in [3.05, 3.63) is 23.4 Å². The topological polar surface area (TPSA) is 59.0 Å². The van der Waals surface area contributed by atoms with Gasteiger partial charge in [-0.2, -0.15) is 0 Å². The Kier molecular flexibility index (Phi) is 8.39. The second-order valence-corrected chi connectivity index (χ2v) is 8.33. The van der Waals surface area contributed by atoms with Crippen molar-refractivity contribution >= 4 is 23.4 Å². The monoisotopic (exact) mass is 421 g/mol. The molecular formula is C21H36ClN7. The number of halogens is 1. The molecule has 1 aromatic heterocycles. The number of aliphatic imine (C=N–C) groups is 1. The number of nitrogens with zero attached hydrogens (tertiary/aromatic N) is 5. The maximum atomic E-state index is 6.32. The van der Waals surface area contributed by atoms with E-state index in [4.69, 9.17) is 16.6 Å². The van der Waals surface area contributed by atoms with Crippen LogP contribution in [0.2, 0.25) is 5.02 Å². The van der Waals surface area contributed by atoms with Crippen LogP contribution in [0, 0.1) is 0 Å². The van der Waals surface area contributed by atoms with Gasteiger partial charge in [-0.05, 0) is 38.9 Å². The Morgan fingerprint density at radius 3 is 2.76 bits per heavy atom. The number of piperazine rings is 1. The molecule has 0 aromatic carbocycles. The minimum atomic E-state index is 0.342. The number of nitrogens with one attached hydrogen (secondary N) is 2. The molecule has 2 saturated heterocycles. The van der Waals surface area contributed by atoms with Crippen LogP contribution < -0.4 is 15.5 Å². The lowest BCUT2D eigenvalue weighted by Gasteiger charge is -2.37. The highest BCUT2D eigenvalue weighted by atomic mass is 35.5. The number of hydrogen-bond acceptors (Lipinski definition) is 5. The zero-order valence-electron chi connectivity index (χ0n) is 18.1. The third kappa shape index (κ3) is 6.20. The van der Waals surface area contributed by atoms with Gasteiger partial charge in [-0.1, -0.05) is 18.5 Å². The van der Waals surface area contributed by atoms with E-state index in [0.29, 0.717) is 17.1 Å². The van der Waals surface area contributed by atoms with Crippen molar-refractivity contribution in [2.75, 3.05) is 63.8 Å². The van der Waals surface area contributed by atoms with Gasteiger partial charge in [0.2, 0.25) is 0 Å². The van der Waals surface area contributed by atoms with Crippen LogP contribution in [0.3, 0.4) is 0 Å². The molecule has 0 bridgehead atoms. The van der Waals surface area contributed by atoms with Crippen LogP contribution in [-0.2, 0) is 0 Å². The molecule has 2 fully saturated rings. The van der Waals surface area contributed by atoms with Gasteiger partial charge in [-0.15, -0.1) is 0 Å². The van der Waals surface area contributed by atoms with Crippen molar-refractivity contribution in [3.8, 4) is 0 Å². The lowest BCUT2D eigenvalue weighted by Crippen LogP contribution is -2.50. The first kappa shape index (κ1) is 22.1. The van der Waals surface area contributed by atoms with Gasteiger partial charge in [0.25, 0.3) is 0 Å². The molecule has 0 radical (unpaired) electrons. The van der Waals surface area contributed by atoms with Gasteiger partial charge < -0.3 is 20.4 Å². The van der Waals surface area contributed by atoms with Gasteiger partial charge >= 0.3 is 0 Å². The summed E-state index contributed by atoms with van der Waals surface area (Å²) in [4.78, 5) is 16.6. The average molecular weight is 422 g/mol. The fourth-order valence-corrected chi connectivity index (χ4v) is 4.29. The third-order valence-electron chi connectivity index (χ3n) is 5.90. The zero-order valence-corrected chi connectivity index (χ0v) is 18.8. The van der Waals surface area contributed by atoms with Gasteiger partial charge in [0.15, 0.2) is 5.96 Å². The molecule has 0 spiro atoms. The lowest BCUT2D eigenvalue weighted by atomic mass is 10.2. The number of aromatic nitrogens is 1. The van der Waals surface area contributed by atoms with E-state index in [2.05, 4.69) is 51.1 Å². The SMILES string of the molecule is CCNC(=NCC(C)N1CCN(CC)CC1)NC1CCN(c2ncccc2Cl)C1. The molecule has 1 aromatic rings. The normalized spacial score (nSPS) is 22.7. The predicted molar refractivity (Wildman–Crippen MR) is 122 cm³/mol. The van der Waals surface area contributed by atoms with Crippen molar-refractivity contribution < 1.29 is 0 Å². The van der Waals surface area contributed by atoms with E-state index in [-0.39, 0.29) is 0 Å². The van der Waals surface area contributed by atoms with E-state index < -0.39 is 0 Å². The molecule has 3 heterocycles. The number of rotatable bonds is 7. The van der Waals surface area contributed by atoms with E-state index in [1.165, 1.54) is 0 Å². The first-order chi connectivity index (χ1) is 14.1. The van der Waals surface area contributed by atoms with Crippen LogP contribution in [0.25, 0.3) is 0 Å². The van der Waals surface area contributed by atoms with E-state index in [0.717, 1.165) is 77.1 Å². The Labute approximate surface area is 180 Å². The van der Waals surface area contributed by atoms with Crippen LogP contribution in [0.4, 0.5) is 5.82 Å². The largest absolute Gasteiger partial charge is 0.357 e. The van der Waals surface area contributed by atoms with Crippen molar-refractivity contribution in [2.24, 2.45) is 4.99 Å². The summed E-state index contributed by atoms with van der Waals surface area (Å²) in [6.07, 6.45) is 2.85. The van der Waals surface area contributed by atoms with Gasteiger partial charge in [0.05, 0.1) is 11.6 Å². The van der Waals surface area contributed by atoms with E-state index in [9.17, 15) is 0 Å². The predicted octanol–water partition coefficient (Wildman–Crippen LogP) is 1.89. The molecule has 7 nitrogen and oxygen atoms in total. The highest BCUT2D eigenvalue weighted by Crippen LogP contribution is 2.25. The second kappa shape index (κ2) is 11.0. The van der Waals surface area contributed by atoms with Crippen molar-refractivity contribution in [1.82, 2.24) is 25.4 Å².